The van der Waals surface area contributed by atoms with E-state index in [1.54, 1.807) is 0 Å². The van der Waals surface area contributed by atoms with Gasteiger partial charge in [-0.15, -0.1) is 6.58 Å². The van der Waals surface area contributed by atoms with Crippen LogP contribution in [0.1, 0.15) is 46.0 Å². The zero-order chi connectivity index (χ0) is 13.1. The molecule has 0 amide bonds. The molecule has 0 spiro atoms. The van der Waals surface area contributed by atoms with Crippen molar-refractivity contribution in [3.05, 3.63) is 12.2 Å². The molecular weight excluding hydrogens is 210 g/mol. The fourth-order valence-electron chi connectivity index (χ4n) is 3.12. The Morgan fingerprint density at radius 2 is 2.00 bits per heavy atom. The lowest BCUT2D eigenvalue weighted by Crippen LogP contribution is -2.62. The first-order valence-electron chi connectivity index (χ1n) is 6.70. The topological polar surface area (TPSA) is 41.3 Å². The third-order valence-electron chi connectivity index (χ3n) is 4.43. The molecular formula is C14H29N3. The van der Waals surface area contributed by atoms with Crippen molar-refractivity contribution in [2.45, 2.75) is 57.5 Å². The van der Waals surface area contributed by atoms with E-state index in [1.807, 2.05) is 0 Å². The maximum Gasteiger partial charge on any atom is 0.0431 e. The summed E-state index contributed by atoms with van der Waals surface area (Å²) in [5.41, 5.74) is 4.43. The van der Waals surface area contributed by atoms with Crippen LogP contribution in [0.2, 0.25) is 0 Å². The largest absolute Gasteiger partial charge is 0.302 e. The van der Waals surface area contributed by atoms with Crippen molar-refractivity contribution in [3.8, 4) is 0 Å². The van der Waals surface area contributed by atoms with Crippen LogP contribution in [0.15, 0.2) is 12.2 Å². The maximum absolute atomic E-state index is 5.79. The third-order valence-corrected chi connectivity index (χ3v) is 4.43. The molecule has 3 N–H and O–H groups in total. The number of hydrogen-bond acceptors (Lipinski definition) is 3. The van der Waals surface area contributed by atoms with Crippen LogP contribution in [0, 0.1) is 5.92 Å². The highest BCUT2D eigenvalue weighted by Gasteiger charge is 2.42. The van der Waals surface area contributed by atoms with Crippen LogP contribution in [0.3, 0.4) is 0 Å². The van der Waals surface area contributed by atoms with Crippen molar-refractivity contribution in [1.82, 2.24) is 10.3 Å². The monoisotopic (exact) mass is 239 g/mol. The summed E-state index contributed by atoms with van der Waals surface area (Å²) in [6.07, 6.45) is 6.01. The third kappa shape index (κ3) is 3.30. The molecule has 1 rings (SSSR count). The SMILES string of the molecule is C=C(C)CC(NN)C1(N(C)C)CCC(C)CC1. The van der Waals surface area contributed by atoms with Gasteiger partial charge in [0, 0.05) is 11.6 Å². The van der Waals surface area contributed by atoms with Crippen LogP contribution in [-0.2, 0) is 0 Å². The Labute approximate surface area is 106 Å². The normalized spacial score (nSPS) is 31.5. The molecule has 3 heteroatoms. The fourth-order valence-corrected chi connectivity index (χ4v) is 3.12. The predicted molar refractivity (Wildman–Crippen MR) is 74.6 cm³/mol. The van der Waals surface area contributed by atoms with E-state index in [9.17, 15) is 0 Å². The Morgan fingerprint density at radius 1 is 1.47 bits per heavy atom. The fraction of sp³-hybridized carbons (Fsp3) is 0.857. The second-order valence-electron chi connectivity index (χ2n) is 6.06. The summed E-state index contributed by atoms with van der Waals surface area (Å²) >= 11 is 0. The van der Waals surface area contributed by atoms with E-state index in [0.29, 0.717) is 6.04 Å². The van der Waals surface area contributed by atoms with Gasteiger partial charge in [-0.3, -0.25) is 11.3 Å². The van der Waals surface area contributed by atoms with Crippen molar-refractivity contribution in [2.75, 3.05) is 14.1 Å². The average molecular weight is 239 g/mol. The molecule has 1 unspecified atom stereocenters. The molecule has 1 fully saturated rings. The highest BCUT2D eigenvalue weighted by atomic mass is 15.3. The van der Waals surface area contributed by atoms with Crippen LogP contribution in [0.4, 0.5) is 0 Å². The number of nitrogens with zero attached hydrogens (tertiary/aromatic N) is 1. The lowest BCUT2D eigenvalue weighted by atomic mass is 9.71. The number of hydrogen-bond donors (Lipinski definition) is 2. The molecule has 0 aromatic carbocycles. The van der Waals surface area contributed by atoms with Crippen LogP contribution >= 0.6 is 0 Å². The van der Waals surface area contributed by atoms with E-state index in [2.05, 4.69) is 44.8 Å². The molecule has 0 radical (unpaired) electrons. The Balaban J connectivity index is 2.85. The number of nitrogens with two attached hydrogens (primary N) is 1. The standard InChI is InChI=1S/C14H29N3/c1-11(2)10-13(16-15)14(17(4)5)8-6-12(3)7-9-14/h12-13,16H,1,6-10,15H2,2-5H3. The summed E-state index contributed by atoms with van der Waals surface area (Å²) in [5, 5.41) is 0. The van der Waals surface area contributed by atoms with E-state index in [-0.39, 0.29) is 5.54 Å². The average Bonchev–Trinajstić information content (AvgIpc) is 2.27. The molecule has 1 aliphatic rings. The Bertz CT molecular complexity index is 252. The minimum Gasteiger partial charge on any atom is -0.302 e. The highest BCUT2D eigenvalue weighted by molar-refractivity contribution is 5.06. The number of rotatable bonds is 5. The molecule has 0 saturated heterocycles. The molecule has 1 saturated carbocycles. The van der Waals surface area contributed by atoms with Gasteiger partial charge in [0.25, 0.3) is 0 Å². The van der Waals surface area contributed by atoms with Crippen molar-refractivity contribution >= 4 is 0 Å². The van der Waals surface area contributed by atoms with Gasteiger partial charge in [-0.1, -0.05) is 12.5 Å². The van der Waals surface area contributed by atoms with Crippen molar-refractivity contribution in [2.24, 2.45) is 11.8 Å². The quantitative estimate of drug-likeness (QED) is 0.439. The van der Waals surface area contributed by atoms with Gasteiger partial charge >= 0.3 is 0 Å². The lowest BCUT2D eigenvalue weighted by molar-refractivity contribution is 0.0435. The van der Waals surface area contributed by atoms with Crippen molar-refractivity contribution in [3.63, 3.8) is 0 Å². The van der Waals surface area contributed by atoms with E-state index in [0.717, 1.165) is 12.3 Å². The molecule has 1 atom stereocenters. The summed E-state index contributed by atoms with van der Waals surface area (Å²) in [6.45, 7) is 8.46. The van der Waals surface area contributed by atoms with Crippen molar-refractivity contribution < 1.29 is 0 Å². The second-order valence-corrected chi connectivity index (χ2v) is 6.06. The molecule has 3 nitrogen and oxygen atoms in total. The van der Waals surface area contributed by atoms with Gasteiger partial charge in [0.2, 0.25) is 0 Å². The smallest absolute Gasteiger partial charge is 0.0431 e. The number of nitrogens with one attached hydrogen (secondary N) is 1. The Morgan fingerprint density at radius 3 is 2.35 bits per heavy atom. The number of hydrazine groups is 1. The highest BCUT2D eigenvalue weighted by Crippen LogP contribution is 2.39. The van der Waals surface area contributed by atoms with Gasteiger partial charge in [0.15, 0.2) is 0 Å². The van der Waals surface area contributed by atoms with E-state index < -0.39 is 0 Å². The second kappa shape index (κ2) is 5.98. The summed E-state index contributed by atoms with van der Waals surface area (Å²) in [4.78, 5) is 2.37. The maximum atomic E-state index is 5.79. The van der Waals surface area contributed by atoms with Crippen LogP contribution < -0.4 is 11.3 Å². The molecule has 17 heavy (non-hydrogen) atoms. The van der Waals surface area contributed by atoms with Gasteiger partial charge in [-0.05, 0) is 59.0 Å². The first kappa shape index (κ1) is 14.7. The zero-order valence-corrected chi connectivity index (χ0v) is 11.9. The summed E-state index contributed by atoms with van der Waals surface area (Å²) in [5.74, 6) is 6.64. The van der Waals surface area contributed by atoms with Crippen LogP contribution in [0.25, 0.3) is 0 Å². The lowest BCUT2D eigenvalue weighted by Gasteiger charge is -2.49. The molecule has 0 aromatic rings. The van der Waals surface area contributed by atoms with Gasteiger partial charge < -0.3 is 4.90 Å². The van der Waals surface area contributed by atoms with Crippen LogP contribution in [-0.4, -0.2) is 30.6 Å². The molecule has 0 heterocycles. The Kier molecular flexibility index (Phi) is 5.17. The molecule has 0 bridgehead atoms. The molecule has 0 aliphatic heterocycles. The van der Waals surface area contributed by atoms with E-state index >= 15 is 0 Å². The molecule has 1 aliphatic carbocycles. The summed E-state index contributed by atoms with van der Waals surface area (Å²) in [7, 11) is 4.36. The van der Waals surface area contributed by atoms with Gasteiger partial charge in [-0.2, -0.15) is 0 Å². The summed E-state index contributed by atoms with van der Waals surface area (Å²) < 4.78 is 0. The predicted octanol–water partition coefficient (Wildman–Crippen LogP) is 2.29. The molecule has 0 aromatic heterocycles. The first-order valence-corrected chi connectivity index (χ1v) is 6.70. The van der Waals surface area contributed by atoms with Crippen molar-refractivity contribution in [1.29, 1.82) is 0 Å². The van der Waals surface area contributed by atoms with E-state index in [1.165, 1.54) is 31.3 Å². The van der Waals surface area contributed by atoms with Crippen LogP contribution in [0.5, 0.6) is 0 Å². The van der Waals surface area contributed by atoms with Gasteiger partial charge in [-0.25, -0.2) is 0 Å². The minimum absolute atomic E-state index is 0.195. The first-order chi connectivity index (χ1) is 7.92. The van der Waals surface area contributed by atoms with Gasteiger partial charge in [0.05, 0.1) is 0 Å². The minimum atomic E-state index is 0.195. The van der Waals surface area contributed by atoms with Gasteiger partial charge in [0.1, 0.15) is 0 Å². The van der Waals surface area contributed by atoms with E-state index in [4.69, 9.17) is 5.84 Å². The Hall–Kier alpha value is -0.380. The zero-order valence-electron chi connectivity index (χ0n) is 11.9. The summed E-state index contributed by atoms with van der Waals surface area (Å²) in [6, 6.07) is 0.308. The molecule has 100 valence electrons. The number of likely N-dealkylation sites (N-methyl/N-ethyl adjacent to an activating group) is 1.